The lowest BCUT2D eigenvalue weighted by molar-refractivity contribution is 0.0988. The van der Waals surface area contributed by atoms with E-state index in [0.29, 0.717) is 24.0 Å². The molecule has 110 valence electrons. The van der Waals surface area contributed by atoms with Crippen molar-refractivity contribution in [1.29, 1.82) is 0 Å². The predicted octanol–water partition coefficient (Wildman–Crippen LogP) is 0.541. The Balaban J connectivity index is 1.63. The number of fused-ring (bicyclic) bond motifs is 1. The molecule has 0 spiro atoms. The summed E-state index contributed by atoms with van der Waals surface area (Å²) >= 11 is 0. The first kappa shape index (κ1) is 14.0. The Morgan fingerprint density at radius 1 is 1.30 bits per heavy atom. The van der Waals surface area contributed by atoms with Crippen LogP contribution in [0.25, 0.3) is 0 Å². The molecule has 2 aliphatic heterocycles. The van der Waals surface area contributed by atoms with E-state index in [2.05, 4.69) is 16.7 Å². The number of likely N-dealkylation sites (N-methyl/N-ethyl adjacent to an activating group) is 1. The summed E-state index contributed by atoms with van der Waals surface area (Å²) in [5.41, 5.74) is 0. The molecule has 3 rings (SSSR count). The second-order valence-electron chi connectivity index (χ2n) is 5.68. The van der Waals surface area contributed by atoms with Crippen LogP contribution in [-0.2, 0) is 14.8 Å². The van der Waals surface area contributed by atoms with Gasteiger partial charge in [-0.05, 0) is 19.2 Å². The average molecular weight is 296 g/mol. The maximum absolute atomic E-state index is 12.2. The Kier molecular flexibility index (Phi) is 3.81. The molecule has 0 bridgehead atoms. The first-order chi connectivity index (χ1) is 9.56. The summed E-state index contributed by atoms with van der Waals surface area (Å²) < 4.78 is 32.8. The highest BCUT2D eigenvalue weighted by atomic mass is 32.2. The van der Waals surface area contributed by atoms with Gasteiger partial charge in [-0.2, -0.15) is 0 Å². The van der Waals surface area contributed by atoms with E-state index in [9.17, 15) is 8.42 Å². The molecule has 0 amide bonds. The second kappa shape index (κ2) is 5.44. The molecule has 20 heavy (non-hydrogen) atoms. The molecule has 5 nitrogen and oxygen atoms in total. The van der Waals surface area contributed by atoms with Crippen molar-refractivity contribution in [2.45, 2.75) is 11.0 Å². The molecule has 1 aromatic rings. The second-order valence-corrected chi connectivity index (χ2v) is 7.45. The van der Waals surface area contributed by atoms with Gasteiger partial charge in [-0.3, -0.25) is 0 Å². The molecule has 6 heteroatoms. The van der Waals surface area contributed by atoms with Gasteiger partial charge in [0, 0.05) is 31.5 Å². The number of ether oxygens (including phenoxy) is 1. The van der Waals surface area contributed by atoms with Crippen LogP contribution >= 0.6 is 0 Å². The summed E-state index contributed by atoms with van der Waals surface area (Å²) in [6.07, 6.45) is 0.270. The Morgan fingerprint density at radius 2 is 2.05 bits per heavy atom. The van der Waals surface area contributed by atoms with Gasteiger partial charge in [0.2, 0.25) is 10.0 Å². The van der Waals surface area contributed by atoms with Crippen molar-refractivity contribution >= 4 is 10.0 Å². The Bertz CT molecular complexity index is 561. The van der Waals surface area contributed by atoms with E-state index >= 15 is 0 Å². The van der Waals surface area contributed by atoms with Gasteiger partial charge in [0.05, 0.1) is 17.6 Å². The van der Waals surface area contributed by atoms with Crippen molar-refractivity contribution in [2.75, 3.05) is 33.3 Å². The molecule has 2 aliphatic rings. The lowest BCUT2D eigenvalue weighted by Gasteiger charge is -2.17. The van der Waals surface area contributed by atoms with E-state index in [0.717, 1.165) is 13.1 Å². The molecule has 1 aromatic carbocycles. The summed E-state index contributed by atoms with van der Waals surface area (Å²) in [7, 11) is -1.33. The van der Waals surface area contributed by atoms with Gasteiger partial charge in [-0.25, -0.2) is 13.1 Å². The lowest BCUT2D eigenvalue weighted by Crippen LogP contribution is -2.34. The Morgan fingerprint density at radius 3 is 2.80 bits per heavy atom. The van der Waals surface area contributed by atoms with Crippen LogP contribution < -0.4 is 4.72 Å². The SMILES string of the molecule is CN1C[C@@H]2[C@@H](CNS(=O)(=O)c3ccccc3)CO[C@@H]2C1. The van der Waals surface area contributed by atoms with Gasteiger partial charge in [-0.15, -0.1) is 0 Å². The molecular formula is C14H20N2O3S. The smallest absolute Gasteiger partial charge is 0.240 e. The molecule has 0 aliphatic carbocycles. The van der Waals surface area contributed by atoms with Gasteiger partial charge in [0.25, 0.3) is 0 Å². The normalized spacial score (nSPS) is 30.6. The average Bonchev–Trinajstić information content (AvgIpc) is 2.97. The Labute approximate surface area is 120 Å². The van der Waals surface area contributed by atoms with E-state index in [-0.39, 0.29) is 12.0 Å². The van der Waals surface area contributed by atoms with Crippen LogP contribution in [0.15, 0.2) is 35.2 Å². The van der Waals surface area contributed by atoms with Crippen LogP contribution in [-0.4, -0.2) is 52.7 Å². The number of hydrogen-bond acceptors (Lipinski definition) is 4. The number of sulfonamides is 1. The molecule has 2 saturated heterocycles. The summed E-state index contributed by atoms with van der Waals surface area (Å²) in [4.78, 5) is 2.56. The third-order valence-corrected chi connectivity index (χ3v) is 5.65. The summed E-state index contributed by atoms with van der Waals surface area (Å²) in [6.45, 7) is 3.04. The van der Waals surface area contributed by atoms with E-state index in [1.54, 1.807) is 24.3 Å². The number of nitrogens with zero attached hydrogens (tertiary/aromatic N) is 1. The van der Waals surface area contributed by atoms with Crippen molar-refractivity contribution in [1.82, 2.24) is 9.62 Å². The molecule has 2 heterocycles. The van der Waals surface area contributed by atoms with E-state index in [1.165, 1.54) is 0 Å². The predicted molar refractivity (Wildman–Crippen MR) is 75.8 cm³/mol. The van der Waals surface area contributed by atoms with Crippen LogP contribution in [0.2, 0.25) is 0 Å². The number of nitrogens with one attached hydrogen (secondary N) is 1. The largest absolute Gasteiger partial charge is 0.376 e. The maximum Gasteiger partial charge on any atom is 0.240 e. The summed E-state index contributed by atoms with van der Waals surface area (Å²) in [6, 6.07) is 8.49. The molecule has 0 unspecified atom stereocenters. The Hall–Kier alpha value is -0.950. The molecule has 0 saturated carbocycles. The van der Waals surface area contributed by atoms with Gasteiger partial charge < -0.3 is 9.64 Å². The summed E-state index contributed by atoms with van der Waals surface area (Å²) in [5, 5.41) is 0. The molecule has 3 atom stereocenters. The van der Waals surface area contributed by atoms with Crippen LogP contribution in [0, 0.1) is 11.8 Å². The quantitative estimate of drug-likeness (QED) is 0.881. The maximum atomic E-state index is 12.2. The standard InChI is InChI=1S/C14H20N2O3S/c1-16-8-13-11(10-19-14(13)9-16)7-15-20(17,18)12-5-3-2-4-6-12/h2-6,11,13-15H,7-10H2,1H3/t11-,13+,14+/m0/s1. The lowest BCUT2D eigenvalue weighted by atomic mass is 9.93. The molecule has 0 radical (unpaired) electrons. The molecule has 1 N–H and O–H groups in total. The highest BCUT2D eigenvalue weighted by molar-refractivity contribution is 7.89. The van der Waals surface area contributed by atoms with Crippen molar-refractivity contribution in [3.8, 4) is 0 Å². The van der Waals surface area contributed by atoms with Crippen LogP contribution in [0.3, 0.4) is 0 Å². The number of rotatable bonds is 4. The van der Waals surface area contributed by atoms with Gasteiger partial charge in [0.1, 0.15) is 0 Å². The minimum Gasteiger partial charge on any atom is -0.376 e. The fraction of sp³-hybridized carbons (Fsp3) is 0.571. The minimum absolute atomic E-state index is 0.267. The monoisotopic (exact) mass is 296 g/mol. The van der Waals surface area contributed by atoms with Crippen LogP contribution in [0.1, 0.15) is 0 Å². The van der Waals surface area contributed by atoms with Crippen molar-refractivity contribution in [3.63, 3.8) is 0 Å². The van der Waals surface area contributed by atoms with Gasteiger partial charge in [0.15, 0.2) is 0 Å². The van der Waals surface area contributed by atoms with Gasteiger partial charge in [-0.1, -0.05) is 18.2 Å². The van der Waals surface area contributed by atoms with E-state index in [1.807, 2.05) is 6.07 Å². The zero-order valence-electron chi connectivity index (χ0n) is 11.5. The topological polar surface area (TPSA) is 58.6 Å². The molecule has 2 fully saturated rings. The van der Waals surface area contributed by atoms with Crippen molar-refractivity contribution in [2.24, 2.45) is 11.8 Å². The summed E-state index contributed by atoms with van der Waals surface area (Å²) in [5.74, 6) is 0.710. The fourth-order valence-corrected chi connectivity index (χ4v) is 4.22. The van der Waals surface area contributed by atoms with Crippen LogP contribution in [0.4, 0.5) is 0 Å². The molecular weight excluding hydrogens is 276 g/mol. The first-order valence-electron chi connectivity index (χ1n) is 6.91. The minimum atomic E-state index is -3.41. The van der Waals surface area contributed by atoms with Crippen molar-refractivity contribution in [3.05, 3.63) is 30.3 Å². The van der Waals surface area contributed by atoms with E-state index < -0.39 is 10.0 Å². The van der Waals surface area contributed by atoms with Crippen molar-refractivity contribution < 1.29 is 13.2 Å². The van der Waals surface area contributed by atoms with Gasteiger partial charge >= 0.3 is 0 Å². The van der Waals surface area contributed by atoms with E-state index in [4.69, 9.17) is 4.74 Å². The number of likely N-dealkylation sites (tertiary alicyclic amines) is 1. The fourth-order valence-electron chi connectivity index (χ4n) is 3.10. The first-order valence-corrected chi connectivity index (χ1v) is 8.39. The highest BCUT2D eigenvalue weighted by Gasteiger charge is 2.42. The number of hydrogen-bond donors (Lipinski definition) is 1. The third-order valence-electron chi connectivity index (χ3n) is 4.21. The number of benzene rings is 1. The zero-order chi connectivity index (χ0) is 14.2. The highest BCUT2D eigenvalue weighted by Crippen LogP contribution is 2.32. The third kappa shape index (κ3) is 2.74. The molecule has 0 aromatic heterocycles. The van der Waals surface area contributed by atoms with Crippen LogP contribution in [0.5, 0.6) is 0 Å². The zero-order valence-corrected chi connectivity index (χ0v) is 12.3.